The first-order valence-corrected chi connectivity index (χ1v) is 12.3. The fourth-order valence-corrected chi connectivity index (χ4v) is 4.46. The van der Waals surface area contributed by atoms with Crippen molar-refractivity contribution in [3.8, 4) is 17.3 Å². The lowest BCUT2D eigenvalue weighted by molar-refractivity contribution is -0.144. The van der Waals surface area contributed by atoms with Gasteiger partial charge in [0.15, 0.2) is 15.7 Å². The van der Waals surface area contributed by atoms with Crippen molar-refractivity contribution in [2.75, 3.05) is 19.1 Å². The molecule has 0 aliphatic rings. The Kier molecular flexibility index (Phi) is 6.88. The Balaban J connectivity index is 2.17. The maximum atomic E-state index is 13.0. The number of pyridine rings is 2. The van der Waals surface area contributed by atoms with E-state index in [1.807, 2.05) is 0 Å². The van der Waals surface area contributed by atoms with Gasteiger partial charge in [-0.05, 0) is 12.3 Å². The highest BCUT2D eigenvalue weighted by atomic mass is 32.2. The minimum Gasteiger partial charge on any atom is -0.466 e. The van der Waals surface area contributed by atoms with Crippen molar-refractivity contribution in [3.63, 3.8) is 0 Å². The molecule has 178 valence electrons. The zero-order valence-corrected chi connectivity index (χ0v) is 19.5. The molecule has 3 aromatic heterocycles. The summed E-state index contributed by atoms with van der Waals surface area (Å²) < 4.78 is 76.3. The number of aromatic nitrogens is 4. The molecule has 0 saturated carbocycles. The Labute approximate surface area is 191 Å². The Morgan fingerprint density at radius 3 is 2.52 bits per heavy atom. The van der Waals surface area contributed by atoms with Crippen molar-refractivity contribution < 1.29 is 35.9 Å². The van der Waals surface area contributed by atoms with Crippen LogP contribution in [0.15, 0.2) is 29.4 Å². The summed E-state index contributed by atoms with van der Waals surface area (Å²) in [5.74, 6) is -0.929. The number of rotatable bonds is 7. The molecular formula is C19H19F3N4O5S2. The summed E-state index contributed by atoms with van der Waals surface area (Å²) in [6.07, 6.45) is -0.836. The van der Waals surface area contributed by atoms with Crippen LogP contribution in [0.2, 0.25) is 0 Å². The van der Waals surface area contributed by atoms with Crippen LogP contribution < -0.4 is 4.74 Å². The summed E-state index contributed by atoms with van der Waals surface area (Å²) in [7, 11) is -1.17. The van der Waals surface area contributed by atoms with E-state index in [0.717, 1.165) is 24.0 Å². The Morgan fingerprint density at radius 1 is 1.24 bits per heavy atom. The number of methoxy groups -OCH3 is 1. The molecule has 0 fully saturated rings. The molecule has 3 aromatic rings. The van der Waals surface area contributed by atoms with Gasteiger partial charge in [-0.2, -0.15) is 13.2 Å². The number of carbonyl (C=O) groups is 1. The van der Waals surface area contributed by atoms with Crippen molar-refractivity contribution in [1.82, 2.24) is 19.5 Å². The maximum absolute atomic E-state index is 13.0. The van der Waals surface area contributed by atoms with Crippen molar-refractivity contribution in [2.45, 2.75) is 23.4 Å². The van der Waals surface area contributed by atoms with Gasteiger partial charge in [0.05, 0.1) is 36.3 Å². The van der Waals surface area contributed by atoms with Gasteiger partial charge in [0.25, 0.3) is 0 Å². The second kappa shape index (κ2) is 9.17. The lowest BCUT2D eigenvalue weighted by atomic mass is 10.3. The summed E-state index contributed by atoms with van der Waals surface area (Å²) in [5, 5.41) is 0. The van der Waals surface area contributed by atoms with Crippen molar-refractivity contribution in [1.29, 1.82) is 0 Å². The number of ether oxygens (including phenoxy) is 2. The second-order valence-electron chi connectivity index (χ2n) is 6.68. The molecular weight excluding hydrogens is 485 g/mol. The largest absolute Gasteiger partial charge is 0.466 e. The standard InChI is InChI=1S/C19H19F3N4O5S2/c1-5-33(28,29)13-6-10(31-18(32-4)17(27)30-3)8-24-15(13)16-25-11-7-14(19(20,21)22)23-9-12(11)26(16)2/h6-9,18H,5H2,1-4H3. The molecule has 1 unspecified atom stereocenters. The van der Waals surface area contributed by atoms with E-state index in [9.17, 15) is 26.4 Å². The van der Waals surface area contributed by atoms with E-state index in [2.05, 4.69) is 19.7 Å². The van der Waals surface area contributed by atoms with E-state index in [0.29, 0.717) is 0 Å². The van der Waals surface area contributed by atoms with Gasteiger partial charge in [-0.25, -0.2) is 28.2 Å². The number of aryl methyl sites for hydroxylation is 1. The van der Waals surface area contributed by atoms with Gasteiger partial charge in [-0.1, -0.05) is 6.92 Å². The van der Waals surface area contributed by atoms with Crippen LogP contribution in [-0.4, -0.2) is 58.5 Å². The van der Waals surface area contributed by atoms with Crippen LogP contribution in [0.3, 0.4) is 0 Å². The number of hydrogen-bond acceptors (Lipinski definition) is 9. The number of nitrogens with zero attached hydrogens (tertiary/aromatic N) is 4. The molecule has 0 saturated heterocycles. The van der Waals surface area contributed by atoms with E-state index in [1.165, 1.54) is 37.9 Å². The molecule has 0 aliphatic carbocycles. The Morgan fingerprint density at radius 2 is 1.94 bits per heavy atom. The summed E-state index contributed by atoms with van der Waals surface area (Å²) in [6.45, 7) is 1.43. The molecule has 0 aromatic carbocycles. The number of thioether (sulfide) groups is 1. The average Bonchev–Trinajstić information content (AvgIpc) is 3.11. The van der Waals surface area contributed by atoms with Gasteiger partial charge in [0.2, 0.25) is 5.44 Å². The van der Waals surface area contributed by atoms with E-state index in [-0.39, 0.29) is 38.9 Å². The summed E-state index contributed by atoms with van der Waals surface area (Å²) in [5.41, 5.74) is -2.01. The monoisotopic (exact) mass is 504 g/mol. The predicted octanol–water partition coefficient (Wildman–Crippen LogP) is 3.08. The fraction of sp³-hybridized carbons (Fsp3) is 0.368. The molecule has 3 rings (SSSR count). The number of esters is 1. The number of sulfone groups is 1. The quantitative estimate of drug-likeness (QED) is 0.354. The van der Waals surface area contributed by atoms with E-state index < -0.39 is 33.1 Å². The van der Waals surface area contributed by atoms with Crippen LogP contribution >= 0.6 is 11.8 Å². The van der Waals surface area contributed by atoms with Gasteiger partial charge in [-0.15, -0.1) is 11.8 Å². The zero-order valence-electron chi connectivity index (χ0n) is 17.9. The highest BCUT2D eigenvalue weighted by Crippen LogP contribution is 2.33. The van der Waals surface area contributed by atoms with Crippen molar-refractivity contribution in [2.24, 2.45) is 7.05 Å². The molecule has 0 aliphatic heterocycles. The normalized spacial score (nSPS) is 13.2. The minimum absolute atomic E-state index is 0.00434. The fourth-order valence-electron chi connectivity index (χ4n) is 2.92. The molecule has 0 amide bonds. The Bertz CT molecular complexity index is 1310. The number of alkyl halides is 3. The summed E-state index contributed by atoms with van der Waals surface area (Å²) in [4.78, 5) is 23.4. The first-order valence-electron chi connectivity index (χ1n) is 9.33. The number of hydrogen-bond donors (Lipinski definition) is 0. The Hall–Kier alpha value is -2.87. The summed E-state index contributed by atoms with van der Waals surface area (Å²) in [6, 6.07) is 1.98. The van der Waals surface area contributed by atoms with Crippen LogP contribution in [0.25, 0.3) is 22.6 Å². The van der Waals surface area contributed by atoms with Crippen molar-refractivity contribution >= 4 is 38.6 Å². The molecule has 0 spiro atoms. The third kappa shape index (κ3) is 4.90. The summed E-state index contributed by atoms with van der Waals surface area (Å²) >= 11 is 1.04. The van der Waals surface area contributed by atoms with Crippen LogP contribution in [0.4, 0.5) is 13.2 Å². The van der Waals surface area contributed by atoms with E-state index in [4.69, 9.17) is 4.74 Å². The number of fused-ring (bicyclic) bond motifs is 1. The van der Waals surface area contributed by atoms with Gasteiger partial charge >= 0.3 is 12.1 Å². The lowest BCUT2D eigenvalue weighted by Gasteiger charge is -2.16. The number of halogens is 3. The predicted molar refractivity (Wildman–Crippen MR) is 114 cm³/mol. The average molecular weight is 505 g/mol. The highest BCUT2D eigenvalue weighted by Gasteiger charge is 2.33. The minimum atomic E-state index is -4.66. The smallest absolute Gasteiger partial charge is 0.433 e. The van der Waals surface area contributed by atoms with Crippen LogP contribution in [0.1, 0.15) is 12.6 Å². The highest BCUT2D eigenvalue weighted by molar-refractivity contribution is 7.99. The van der Waals surface area contributed by atoms with Gasteiger partial charge in [0, 0.05) is 13.1 Å². The van der Waals surface area contributed by atoms with Crippen LogP contribution in [0.5, 0.6) is 5.75 Å². The van der Waals surface area contributed by atoms with Gasteiger partial charge < -0.3 is 14.0 Å². The van der Waals surface area contributed by atoms with Gasteiger partial charge in [-0.3, -0.25) is 0 Å². The van der Waals surface area contributed by atoms with E-state index in [1.54, 1.807) is 6.26 Å². The SMILES string of the molecule is CCS(=O)(=O)c1cc(OC(SC)C(=O)OC)cnc1-c1nc2cc(C(F)(F)F)ncc2n1C. The van der Waals surface area contributed by atoms with Crippen molar-refractivity contribution in [3.05, 3.63) is 30.2 Å². The zero-order chi connectivity index (χ0) is 24.6. The molecule has 33 heavy (non-hydrogen) atoms. The van der Waals surface area contributed by atoms with Gasteiger partial charge in [0.1, 0.15) is 22.0 Å². The first-order chi connectivity index (χ1) is 15.4. The third-order valence-corrected chi connectivity index (χ3v) is 7.12. The molecule has 3 heterocycles. The van der Waals surface area contributed by atoms with E-state index >= 15 is 0 Å². The first kappa shape index (κ1) is 24.8. The topological polar surface area (TPSA) is 113 Å². The molecule has 0 bridgehead atoms. The molecule has 14 heteroatoms. The molecule has 0 N–H and O–H groups in total. The number of imidazole rings is 1. The lowest BCUT2D eigenvalue weighted by Crippen LogP contribution is -2.25. The number of carbonyl (C=O) groups excluding carboxylic acids is 1. The maximum Gasteiger partial charge on any atom is 0.433 e. The molecule has 1 atom stereocenters. The third-order valence-electron chi connectivity index (χ3n) is 4.66. The van der Waals surface area contributed by atoms with Crippen LogP contribution in [-0.2, 0) is 32.6 Å². The van der Waals surface area contributed by atoms with Crippen LogP contribution in [0, 0.1) is 0 Å². The molecule has 0 radical (unpaired) electrons. The second-order valence-corrected chi connectivity index (χ2v) is 9.83. The molecule has 9 nitrogen and oxygen atoms in total.